The number of nitrogens with two attached hydrogens (primary N) is 1. The monoisotopic (exact) mass is 303 g/mol. The molecule has 2 rings (SSSR count). The SMILES string of the molecule is CC(C)C1CCN(C(=O)c2csc(CN)n2)CC1.Cl. The van der Waals surface area contributed by atoms with Gasteiger partial charge in [-0.05, 0) is 24.7 Å². The Bertz CT molecular complexity index is 414. The molecular weight excluding hydrogens is 282 g/mol. The van der Waals surface area contributed by atoms with Gasteiger partial charge >= 0.3 is 0 Å². The number of rotatable bonds is 3. The Morgan fingerprint density at radius 2 is 2.16 bits per heavy atom. The van der Waals surface area contributed by atoms with Crippen molar-refractivity contribution < 1.29 is 4.79 Å². The highest BCUT2D eigenvalue weighted by Gasteiger charge is 2.26. The average molecular weight is 304 g/mol. The fourth-order valence-corrected chi connectivity index (χ4v) is 3.08. The molecule has 1 fully saturated rings. The standard InChI is InChI=1S/C13H21N3OS.ClH/c1-9(2)10-3-5-16(6-4-10)13(17)11-8-18-12(7-14)15-11;/h8-10H,3-7,14H2,1-2H3;1H. The highest BCUT2D eigenvalue weighted by atomic mass is 35.5. The highest BCUT2D eigenvalue weighted by Crippen LogP contribution is 2.25. The molecule has 108 valence electrons. The lowest BCUT2D eigenvalue weighted by Gasteiger charge is -2.33. The molecule has 1 aliphatic rings. The van der Waals surface area contributed by atoms with Crippen LogP contribution in [0.25, 0.3) is 0 Å². The van der Waals surface area contributed by atoms with Crippen LogP contribution in [0.5, 0.6) is 0 Å². The van der Waals surface area contributed by atoms with Crippen molar-refractivity contribution in [1.29, 1.82) is 0 Å². The minimum Gasteiger partial charge on any atom is -0.337 e. The maximum atomic E-state index is 12.2. The van der Waals surface area contributed by atoms with Gasteiger partial charge in [-0.2, -0.15) is 0 Å². The third-order valence-corrected chi connectivity index (χ3v) is 4.59. The number of hydrogen-bond donors (Lipinski definition) is 1. The second kappa shape index (κ2) is 7.22. The van der Waals surface area contributed by atoms with Crippen molar-refractivity contribution in [2.45, 2.75) is 33.2 Å². The molecule has 1 amide bonds. The van der Waals surface area contributed by atoms with Crippen molar-refractivity contribution >= 4 is 29.7 Å². The van der Waals surface area contributed by atoms with Crippen molar-refractivity contribution in [2.75, 3.05) is 13.1 Å². The minimum atomic E-state index is 0. The van der Waals surface area contributed by atoms with E-state index in [1.807, 2.05) is 10.3 Å². The number of halogens is 1. The Morgan fingerprint density at radius 3 is 2.63 bits per heavy atom. The van der Waals surface area contributed by atoms with E-state index in [1.54, 1.807) is 0 Å². The number of hydrogen-bond acceptors (Lipinski definition) is 4. The van der Waals surface area contributed by atoms with Crippen molar-refractivity contribution in [2.24, 2.45) is 17.6 Å². The zero-order valence-corrected chi connectivity index (χ0v) is 13.1. The zero-order valence-electron chi connectivity index (χ0n) is 11.5. The van der Waals surface area contributed by atoms with E-state index in [0.717, 1.165) is 36.9 Å². The molecule has 1 saturated heterocycles. The maximum absolute atomic E-state index is 12.2. The number of nitrogens with zero attached hydrogens (tertiary/aromatic N) is 2. The number of thiazole rings is 1. The van der Waals surface area contributed by atoms with Crippen molar-refractivity contribution in [3.05, 3.63) is 16.1 Å². The lowest BCUT2D eigenvalue weighted by atomic mass is 9.87. The normalized spacial score (nSPS) is 16.5. The fourth-order valence-electron chi connectivity index (χ4n) is 2.43. The molecule has 0 atom stereocenters. The van der Waals surface area contributed by atoms with Gasteiger partial charge in [-0.25, -0.2) is 4.98 Å². The topological polar surface area (TPSA) is 59.2 Å². The molecule has 0 spiro atoms. The van der Waals surface area contributed by atoms with Crippen LogP contribution in [-0.2, 0) is 6.54 Å². The first-order chi connectivity index (χ1) is 8.61. The van der Waals surface area contributed by atoms with Gasteiger partial charge < -0.3 is 10.6 Å². The summed E-state index contributed by atoms with van der Waals surface area (Å²) in [7, 11) is 0. The molecule has 1 aliphatic heterocycles. The molecule has 2 N–H and O–H groups in total. The van der Waals surface area contributed by atoms with E-state index >= 15 is 0 Å². The van der Waals surface area contributed by atoms with Crippen LogP contribution in [0, 0.1) is 11.8 Å². The number of carbonyl (C=O) groups excluding carboxylic acids is 1. The van der Waals surface area contributed by atoms with Gasteiger partial charge in [0.05, 0.1) is 0 Å². The average Bonchev–Trinajstić information content (AvgIpc) is 2.86. The van der Waals surface area contributed by atoms with Gasteiger partial charge in [-0.3, -0.25) is 4.79 Å². The van der Waals surface area contributed by atoms with Gasteiger partial charge in [-0.1, -0.05) is 13.8 Å². The Hall–Kier alpha value is -0.650. The molecule has 0 aromatic carbocycles. The predicted molar refractivity (Wildman–Crippen MR) is 80.7 cm³/mol. The van der Waals surface area contributed by atoms with Crippen LogP contribution in [0.15, 0.2) is 5.38 Å². The fraction of sp³-hybridized carbons (Fsp3) is 0.692. The lowest BCUT2D eigenvalue weighted by molar-refractivity contribution is 0.0662. The van der Waals surface area contributed by atoms with Crippen molar-refractivity contribution in [3.8, 4) is 0 Å². The minimum absolute atomic E-state index is 0. The number of carbonyl (C=O) groups is 1. The summed E-state index contributed by atoms with van der Waals surface area (Å²) in [5.74, 6) is 1.53. The first-order valence-corrected chi connectivity index (χ1v) is 7.43. The highest BCUT2D eigenvalue weighted by molar-refractivity contribution is 7.09. The quantitative estimate of drug-likeness (QED) is 0.933. The molecule has 1 aromatic heterocycles. The first kappa shape index (κ1) is 16.4. The summed E-state index contributed by atoms with van der Waals surface area (Å²) in [5.41, 5.74) is 6.07. The molecule has 0 saturated carbocycles. The third kappa shape index (κ3) is 3.91. The van der Waals surface area contributed by atoms with E-state index in [9.17, 15) is 4.79 Å². The van der Waals surface area contributed by atoms with E-state index in [0.29, 0.717) is 18.2 Å². The van der Waals surface area contributed by atoms with E-state index in [2.05, 4.69) is 18.8 Å². The molecule has 0 unspecified atom stereocenters. The number of aromatic nitrogens is 1. The van der Waals surface area contributed by atoms with Gasteiger partial charge in [0.1, 0.15) is 10.7 Å². The van der Waals surface area contributed by atoms with Crippen LogP contribution in [0.3, 0.4) is 0 Å². The molecular formula is C13H22ClN3OS. The second-order valence-electron chi connectivity index (χ2n) is 5.20. The third-order valence-electron chi connectivity index (χ3n) is 3.72. The summed E-state index contributed by atoms with van der Waals surface area (Å²) < 4.78 is 0. The molecule has 0 aliphatic carbocycles. The van der Waals surface area contributed by atoms with Crippen LogP contribution >= 0.6 is 23.7 Å². The van der Waals surface area contributed by atoms with Crippen LogP contribution in [0.2, 0.25) is 0 Å². The van der Waals surface area contributed by atoms with E-state index in [4.69, 9.17) is 5.73 Å². The second-order valence-corrected chi connectivity index (χ2v) is 6.15. The molecule has 0 bridgehead atoms. The molecule has 0 radical (unpaired) electrons. The first-order valence-electron chi connectivity index (χ1n) is 6.55. The largest absolute Gasteiger partial charge is 0.337 e. The molecule has 19 heavy (non-hydrogen) atoms. The van der Waals surface area contributed by atoms with Gasteiger partial charge in [0.2, 0.25) is 0 Å². The van der Waals surface area contributed by atoms with Crippen LogP contribution in [0.4, 0.5) is 0 Å². The van der Waals surface area contributed by atoms with Gasteiger partial charge in [0.25, 0.3) is 5.91 Å². The molecule has 4 nitrogen and oxygen atoms in total. The summed E-state index contributed by atoms with van der Waals surface area (Å²) in [5, 5.41) is 2.65. The Morgan fingerprint density at radius 1 is 1.53 bits per heavy atom. The molecule has 2 heterocycles. The Labute approximate surface area is 124 Å². The summed E-state index contributed by atoms with van der Waals surface area (Å²) in [6.45, 7) is 6.65. The van der Waals surface area contributed by atoms with E-state index in [1.165, 1.54) is 11.3 Å². The smallest absolute Gasteiger partial charge is 0.273 e. The Kier molecular flexibility index (Phi) is 6.23. The molecule has 1 aromatic rings. The van der Waals surface area contributed by atoms with E-state index < -0.39 is 0 Å². The zero-order chi connectivity index (χ0) is 13.1. The van der Waals surface area contributed by atoms with Gasteiger partial charge in [-0.15, -0.1) is 23.7 Å². The van der Waals surface area contributed by atoms with Crippen LogP contribution in [-0.4, -0.2) is 28.9 Å². The predicted octanol–water partition coefficient (Wildman–Crippen LogP) is 2.53. The van der Waals surface area contributed by atoms with E-state index in [-0.39, 0.29) is 18.3 Å². The number of piperidine rings is 1. The molecule has 6 heteroatoms. The Balaban J connectivity index is 0.00000180. The summed E-state index contributed by atoms with van der Waals surface area (Å²) in [4.78, 5) is 18.4. The number of likely N-dealkylation sites (tertiary alicyclic amines) is 1. The van der Waals surface area contributed by atoms with Crippen molar-refractivity contribution in [3.63, 3.8) is 0 Å². The summed E-state index contributed by atoms with van der Waals surface area (Å²) in [6.07, 6.45) is 2.22. The van der Waals surface area contributed by atoms with Crippen molar-refractivity contribution in [1.82, 2.24) is 9.88 Å². The van der Waals surface area contributed by atoms with Gasteiger partial charge in [0, 0.05) is 25.0 Å². The summed E-state index contributed by atoms with van der Waals surface area (Å²) in [6, 6.07) is 0. The van der Waals surface area contributed by atoms with Crippen LogP contribution in [0.1, 0.15) is 42.2 Å². The summed E-state index contributed by atoms with van der Waals surface area (Å²) >= 11 is 1.46. The van der Waals surface area contributed by atoms with Gasteiger partial charge in [0.15, 0.2) is 0 Å². The maximum Gasteiger partial charge on any atom is 0.273 e. The lowest BCUT2D eigenvalue weighted by Crippen LogP contribution is -2.39. The number of amides is 1. The van der Waals surface area contributed by atoms with Crippen LogP contribution < -0.4 is 5.73 Å².